The van der Waals surface area contributed by atoms with Crippen LogP contribution in [0.2, 0.25) is 0 Å². The number of benzene rings is 2. The average Bonchev–Trinajstić information content (AvgIpc) is 3.33. The largest absolute Gasteiger partial charge is 0.480 e. The van der Waals surface area contributed by atoms with E-state index in [0.29, 0.717) is 25.8 Å². The van der Waals surface area contributed by atoms with Crippen LogP contribution in [0.1, 0.15) is 49.1 Å². The molecule has 0 heterocycles. The molecule has 0 aliphatic heterocycles. The number of fused-ring (bicyclic) bond motifs is 3. The Balaban J connectivity index is 1.15. The fourth-order valence-corrected chi connectivity index (χ4v) is 5.34. The number of carbonyl (C=O) groups is 3. The lowest BCUT2D eigenvalue weighted by Gasteiger charge is -2.22. The summed E-state index contributed by atoms with van der Waals surface area (Å²) in [4.78, 5) is 36.5. The van der Waals surface area contributed by atoms with Gasteiger partial charge < -0.3 is 20.5 Å². The molecule has 2 aromatic carbocycles. The zero-order valence-electron chi connectivity index (χ0n) is 18.4. The molecule has 172 valence electrons. The summed E-state index contributed by atoms with van der Waals surface area (Å²) >= 11 is 0. The first-order valence-corrected chi connectivity index (χ1v) is 11.6. The van der Waals surface area contributed by atoms with Gasteiger partial charge in [-0.2, -0.15) is 0 Å². The summed E-state index contributed by atoms with van der Waals surface area (Å²) in [5, 5.41) is 14.9. The Morgan fingerprint density at radius 1 is 0.970 bits per heavy atom. The van der Waals surface area contributed by atoms with Gasteiger partial charge in [0.15, 0.2) is 0 Å². The highest BCUT2D eigenvalue weighted by Gasteiger charge is 2.52. The Hall–Kier alpha value is -3.35. The van der Waals surface area contributed by atoms with Crippen molar-refractivity contribution in [3.63, 3.8) is 0 Å². The summed E-state index contributed by atoms with van der Waals surface area (Å²) in [7, 11) is 0. The molecule has 2 saturated carbocycles. The number of hydrogen-bond acceptors (Lipinski definition) is 4. The van der Waals surface area contributed by atoms with Crippen LogP contribution in [-0.2, 0) is 14.3 Å². The van der Waals surface area contributed by atoms with Crippen LogP contribution in [0.25, 0.3) is 11.1 Å². The number of ether oxygens (including phenoxy) is 1. The van der Waals surface area contributed by atoms with Crippen LogP contribution in [-0.4, -0.2) is 41.8 Å². The summed E-state index contributed by atoms with van der Waals surface area (Å²) < 4.78 is 5.59. The van der Waals surface area contributed by atoms with Crippen molar-refractivity contribution in [3.05, 3.63) is 59.7 Å². The number of carboxylic acid groups (broad SMARTS) is 1. The van der Waals surface area contributed by atoms with E-state index in [4.69, 9.17) is 4.74 Å². The molecule has 0 bridgehead atoms. The average molecular weight is 449 g/mol. The normalized spacial score (nSPS) is 22.2. The zero-order chi connectivity index (χ0) is 23.0. The molecule has 2 fully saturated rings. The summed E-state index contributed by atoms with van der Waals surface area (Å²) in [6.45, 7) is 0.588. The van der Waals surface area contributed by atoms with Crippen LogP contribution in [0.3, 0.4) is 0 Å². The highest BCUT2D eigenvalue weighted by atomic mass is 16.5. The molecule has 0 aromatic heterocycles. The third-order valence-corrected chi connectivity index (χ3v) is 7.37. The molecule has 7 nitrogen and oxygen atoms in total. The van der Waals surface area contributed by atoms with Gasteiger partial charge in [0.05, 0.1) is 0 Å². The maximum atomic E-state index is 12.7. The lowest BCUT2D eigenvalue weighted by molar-refractivity contribution is -0.144. The predicted molar refractivity (Wildman–Crippen MR) is 122 cm³/mol. The highest BCUT2D eigenvalue weighted by Crippen LogP contribution is 2.44. The molecule has 0 radical (unpaired) electrons. The smallest absolute Gasteiger partial charge is 0.407 e. The molecule has 0 unspecified atom stereocenters. The molecule has 5 rings (SSSR count). The molecular formula is C26H28N2O5. The summed E-state index contributed by atoms with van der Waals surface area (Å²) in [5.41, 5.74) is 3.59. The third kappa shape index (κ3) is 4.08. The lowest BCUT2D eigenvalue weighted by atomic mass is 9.94. The summed E-state index contributed by atoms with van der Waals surface area (Å²) in [5.74, 6) is -1.49. The van der Waals surface area contributed by atoms with Crippen LogP contribution >= 0.6 is 0 Å². The molecule has 2 atom stereocenters. The van der Waals surface area contributed by atoms with Crippen LogP contribution < -0.4 is 10.6 Å². The minimum atomic E-state index is -1.08. The van der Waals surface area contributed by atoms with Gasteiger partial charge in [0.1, 0.15) is 12.1 Å². The highest BCUT2D eigenvalue weighted by molar-refractivity contribution is 5.90. The predicted octanol–water partition coefficient (Wildman–Crippen LogP) is 3.67. The van der Waals surface area contributed by atoms with E-state index in [2.05, 4.69) is 34.9 Å². The Kier molecular flexibility index (Phi) is 5.56. The fraction of sp³-hybridized carbons (Fsp3) is 0.423. The fourth-order valence-electron chi connectivity index (χ4n) is 5.34. The van der Waals surface area contributed by atoms with Gasteiger partial charge >= 0.3 is 12.1 Å². The van der Waals surface area contributed by atoms with Gasteiger partial charge in [-0.05, 0) is 53.9 Å². The Bertz CT molecular complexity index is 1050. The SMILES string of the molecule is O=C(NC[C@H]1CCC[C@H]1C(=O)NC1(C(=O)O)CC1)OCC1c2ccccc2-c2ccccc21. The molecule has 2 aromatic rings. The van der Waals surface area contributed by atoms with Crippen molar-refractivity contribution in [2.24, 2.45) is 11.8 Å². The molecule has 3 aliphatic rings. The first-order chi connectivity index (χ1) is 16.0. The number of carboxylic acids is 1. The van der Waals surface area contributed by atoms with E-state index in [1.54, 1.807) is 0 Å². The molecule has 33 heavy (non-hydrogen) atoms. The minimum Gasteiger partial charge on any atom is -0.480 e. The van der Waals surface area contributed by atoms with Crippen LogP contribution in [0.15, 0.2) is 48.5 Å². The number of carbonyl (C=O) groups excluding carboxylic acids is 2. The Morgan fingerprint density at radius 3 is 2.21 bits per heavy atom. The number of rotatable bonds is 7. The number of alkyl carbamates (subject to hydrolysis) is 1. The number of amides is 2. The summed E-state index contributed by atoms with van der Waals surface area (Å²) in [6.07, 6.45) is 2.87. The van der Waals surface area contributed by atoms with Gasteiger partial charge in [-0.3, -0.25) is 4.79 Å². The van der Waals surface area contributed by atoms with E-state index >= 15 is 0 Å². The van der Waals surface area contributed by atoms with Gasteiger partial charge in [0.25, 0.3) is 0 Å². The van der Waals surface area contributed by atoms with E-state index in [1.165, 1.54) is 11.1 Å². The molecule has 7 heteroatoms. The topological polar surface area (TPSA) is 105 Å². The second kappa shape index (κ2) is 8.54. The van der Waals surface area contributed by atoms with Crippen LogP contribution in [0, 0.1) is 11.8 Å². The molecule has 0 spiro atoms. The molecular weight excluding hydrogens is 420 g/mol. The van der Waals surface area contributed by atoms with Gasteiger partial charge in [-0.15, -0.1) is 0 Å². The third-order valence-electron chi connectivity index (χ3n) is 7.37. The van der Waals surface area contributed by atoms with Gasteiger partial charge in [0.2, 0.25) is 5.91 Å². The van der Waals surface area contributed by atoms with E-state index in [0.717, 1.165) is 24.0 Å². The van der Waals surface area contributed by atoms with Crippen molar-refractivity contribution in [3.8, 4) is 11.1 Å². The van der Waals surface area contributed by atoms with Gasteiger partial charge in [0, 0.05) is 18.4 Å². The molecule has 2 amide bonds. The Morgan fingerprint density at radius 2 is 1.61 bits per heavy atom. The minimum absolute atomic E-state index is 0.00101. The zero-order valence-corrected chi connectivity index (χ0v) is 18.4. The second-order valence-corrected chi connectivity index (χ2v) is 9.38. The van der Waals surface area contributed by atoms with Crippen molar-refractivity contribution in [2.45, 2.75) is 43.6 Å². The monoisotopic (exact) mass is 448 g/mol. The maximum Gasteiger partial charge on any atom is 0.407 e. The van der Waals surface area contributed by atoms with E-state index in [9.17, 15) is 19.5 Å². The molecule has 3 aliphatic carbocycles. The quantitative estimate of drug-likeness (QED) is 0.599. The van der Waals surface area contributed by atoms with Crippen LogP contribution in [0.4, 0.5) is 4.79 Å². The first kappa shape index (κ1) is 21.5. The van der Waals surface area contributed by atoms with Gasteiger partial charge in [-0.1, -0.05) is 55.0 Å². The lowest BCUT2D eigenvalue weighted by Crippen LogP contribution is -2.47. The van der Waals surface area contributed by atoms with Crippen molar-refractivity contribution >= 4 is 18.0 Å². The number of hydrogen-bond donors (Lipinski definition) is 3. The van der Waals surface area contributed by atoms with Crippen molar-refractivity contribution in [2.75, 3.05) is 13.2 Å². The van der Waals surface area contributed by atoms with Crippen LogP contribution in [0.5, 0.6) is 0 Å². The molecule has 3 N–H and O–H groups in total. The van der Waals surface area contributed by atoms with Crippen molar-refractivity contribution < 1.29 is 24.2 Å². The van der Waals surface area contributed by atoms with Gasteiger partial charge in [-0.25, -0.2) is 9.59 Å². The number of aliphatic carboxylic acids is 1. The standard InChI is InChI=1S/C26H28N2O5/c29-23(28-26(12-13-26)24(30)31)17-11-5-6-16(17)14-27-25(32)33-15-22-20-9-3-1-7-18(20)19-8-2-4-10-21(19)22/h1-4,7-10,16-17,22H,5-6,11-15H2,(H,27,32)(H,28,29)(H,30,31)/t16-,17-/m1/s1. The second-order valence-electron chi connectivity index (χ2n) is 9.38. The van der Waals surface area contributed by atoms with E-state index in [1.807, 2.05) is 24.3 Å². The van der Waals surface area contributed by atoms with E-state index < -0.39 is 17.6 Å². The van der Waals surface area contributed by atoms with E-state index in [-0.39, 0.29) is 30.3 Å². The Labute approximate surface area is 192 Å². The van der Waals surface area contributed by atoms with Crippen molar-refractivity contribution in [1.29, 1.82) is 0 Å². The van der Waals surface area contributed by atoms with Crippen molar-refractivity contribution in [1.82, 2.24) is 10.6 Å². The summed E-state index contributed by atoms with van der Waals surface area (Å²) in [6, 6.07) is 16.4. The number of nitrogens with one attached hydrogen (secondary N) is 2. The first-order valence-electron chi connectivity index (χ1n) is 11.6. The molecule has 0 saturated heterocycles. The maximum absolute atomic E-state index is 12.7.